The summed E-state index contributed by atoms with van der Waals surface area (Å²) < 4.78 is 3.20. The van der Waals surface area contributed by atoms with Crippen molar-refractivity contribution in [2.24, 2.45) is 0 Å². The minimum absolute atomic E-state index is 1.14. The number of hydrogen-bond acceptors (Lipinski definition) is 2. The van der Waals surface area contributed by atoms with E-state index < -0.39 is 0 Å². The quantitative estimate of drug-likeness (QED) is 0.732. The maximum Gasteiger partial charge on any atom is 0.105 e. The van der Waals surface area contributed by atoms with E-state index in [9.17, 15) is 0 Å². The van der Waals surface area contributed by atoms with E-state index in [0.717, 1.165) is 3.70 Å². The summed E-state index contributed by atoms with van der Waals surface area (Å²) >= 11 is 3.98. The molecule has 0 aliphatic rings. The predicted molar refractivity (Wildman–Crippen MR) is 54.2 cm³/mol. The van der Waals surface area contributed by atoms with Gasteiger partial charge in [0.05, 0.1) is 6.20 Å². The third kappa shape index (κ3) is 1.32. The Hall–Kier alpha value is -0.360. The molecule has 0 radical (unpaired) electrons. The van der Waals surface area contributed by atoms with Gasteiger partial charge in [-0.15, -0.1) is 11.3 Å². The van der Waals surface area contributed by atoms with E-state index >= 15 is 0 Å². The number of nitrogens with zero attached hydrogens (tertiary/aromatic N) is 2. The van der Waals surface area contributed by atoms with Crippen molar-refractivity contribution in [3.63, 3.8) is 0 Å². The SMILES string of the molecule is Ic1cncn1-c1cccs1. The topological polar surface area (TPSA) is 17.8 Å². The van der Waals surface area contributed by atoms with E-state index in [1.807, 2.05) is 18.6 Å². The van der Waals surface area contributed by atoms with Gasteiger partial charge in [0.1, 0.15) is 15.0 Å². The molecule has 2 nitrogen and oxygen atoms in total. The summed E-state index contributed by atoms with van der Waals surface area (Å²) in [6, 6.07) is 4.12. The number of imidazole rings is 1. The summed E-state index contributed by atoms with van der Waals surface area (Å²) in [6.07, 6.45) is 3.67. The van der Waals surface area contributed by atoms with Gasteiger partial charge in [0.25, 0.3) is 0 Å². The average Bonchev–Trinajstić information content (AvgIpc) is 2.55. The molecule has 2 aromatic heterocycles. The van der Waals surface area contributed by atoms with Crippen LogP contribution in [0.4, 0.5) is 0 Å². The molecule has 0 atom stereocenters. The van der Waals surface area contributed by atoms with E-state index in [4.69, 9.17) is 0 Å². The van der Waals surface area contributed by atoms with Crippen molar-refractivity contribution in [1.29, 1.82) is 0 Å². The standard InChI is InChI=1S/C7H5IN2S/c8-6-4-9-5-10(6)7-2-1-3-11-7/h1-5H. The van der Waals surface area contributed by atoms with Gasteiger partial charge < -0.3 is 0 Å². The average molecular weight is 276 g/mol. The lowest BCUT2D eigenvalue weighted by Gasteiger charge is -1.96. The Labute approximate surface area is 82.0 Å². The van der Waals surface area contributed by atoms with Crippen molar-refractivity contribution >= 4 is 33.9 Å². The van der Waals surface area contributed by atoms with Crippen LogP contribution in [0.25, 0.3) is 5.00 Å². The molecule has 4 heteroatoms. The molecule has 0 N–H and O–H groups in total. The third-order valence-corrected chi connectivity index (χ3v) is 3.00. The monoisotopic (exact) mass is 276 g/mol. The van der Waals surface area contributed by atoms with Crippen molar-refractivity contribution < 1.29 is 0 Å². The Morgan fingerprint density at radius 3 is 3.00 bits per heavy atom. The Bertz CT molecular complexity index is 339. The summed E-state index contributed by atoms with van der Waals surface area (Å²) in [5.74, 6) is 0. The molecule has 0 spiro atoms. The molecule has 0 aliphatic heterocycles. The van der Waals surface area contributed by atoms with Crippen LogP contribution < -0.4 is 0 Å². The highest BCUT2D eigenvalue weighted by Gasteiger charge is 1.99. The second kappa shape index (κ2) is 2.94. The van der Waals surface area contributed by atoms with E-state index in [1.165, 1.54) is 5.00 Å². The van der Waals surface area contributed by atoms with Crippen LogP contribution in [-0.4, -0.2) is 9.55 Å². The zero-order valence-electron chi connectivity index (χ0n) is 5.57. The van der Waals surface area contributed by atoms with Crippen LogP contribution in [0.3, 0.4) is 0 Å². The Morgan fingerprint density at radius 1 is 1.55 bits per heavy atom. The van der Waals surface area contributed by atoms with Gasteiger partial charge in [-0.05, 0) is 40.1 Å². The molecule has 0 saturated carbocycles. The van der Waals surface area contributed by atoms with Crippen LogP contribution in [0, 0.1) is 3.70 Å². The fraction of sp³-hybridized carbons (Fsp3) is 0. The molecule has 11 heavy (non-hydrogen) atoms. The smallest absolute Gasteiger partial charge is 0.105 e. The van der Waals surface area contributed by atoms with E-state index in [0.29, 0.717) is 0 Å². The van der Waals surface area contributed by atoms with Crippen molar-refractivity contribution in [3.8, 4) is 5.00 Å². The first-order chi connectivity index (χ1) is 5.38. The van der Waals surface area contributed by atoms with Gasteiger partial charge in [0.2, 0.25) is 0 Å². The number of hydrogen-bond donors (Lipinski definition) is 0. The largest absolute Gasteiger partial charge is 0.285 e. The molecule has 0 saturated heterocycles. The van der Waals surface area contributed by atoms with Gasteiger partial charge in [0.15, 0.2) is 0 Å². The second-order valence-corrected chi connectivity index (χ2v) is 4.07. The van der Waals surface area contributed by atoms with E-state index in [-0.39, 0.29) is 0 Å². The summed E-state index contributed by atoms with van der Waals surface area (Å²) in [5.41, 5.74) is 0. The van der Waals surface area contributed by atoms with Gasteiger partial charge in [-0.25, -0.2) is 4.98 Å². The summed E-state index contributed by atoms with van der Waals surface area (Å²) in [7, 11) is 0. The molecule has 0 amide bonds. The first-order valence-electron chi connectivity index (χ1n) is 3.09. The molecule has 0 bridgehead atoms. The van der Waals surface area contributed by atoms with Crippen molar-refractivity contribution in [3.05, 3.63) is 33.7 Å². The third-order valence-electron chi connectivity index (χ3n) is 1.34. The van der Waals surface area contributed by atoms with Crippen molar-refractivity contribution in [1.82, 2.24) is 9.55 Å². The molecule has 2 heterocycles. The molecular weight excluding hydrogens is 271 g/mol. The normalized spacial score (nSPS) is 10.3. The molecule has 2 aromatic rings. The molecule has 0 unspecified atom stereocenters. The first kappa shape index (κ1) is 7.30. The summed E-state index contributed by atoms with van der Waals surface area (Å²) in [6.45, 7) is 0. The van der Waals surface area contributed by atoms with Crippen LogP contribution in [0.1, 0.15) is 0 Å². The minimum Gasteiger partial charge on any atom is -0.285 e. The first-order valence-corrected chi connectivity index (χ1v) is 5.05. The van der Waals surface area contributed by atoms with Gasteiger partial charge >= 0.3 is 0 Å². The highest BCUT2D eigenvalue weighted by Crippen LogP contribution is 2.17. The molecule has 56 valence electrons. The lowest BCUT2D eigenvalue weighted by Crippen LogP contribution is -1.89. The Morgan fingerprint density at radius 2 is 2.45 bits per heavy atom. The maximum atomic E-state index is 4.04. The Kier molecular flexibility index (Phi) is 1.95. The highest BCUT2D eigenvalue weighted by atomic mass is 127. The number of aromatic nitrogens is 2. The fourth-order valence-corrected chi connectivity index (χ4v) is 2.27. The van der Waals surface area contributed by atoms with Gasteiger partial charge in [-0.3, -0.25) is 4.57 Å². The number of halogens is 1. The fourth-order valence-electron chi connectivity index (χ4n) is 0.848. The Balaban J connectivity index is 2.53. The zero-order chi connectivity index (χ0) is 7.68. The lowest BCUT2D eigenvalue weighted by atomic mass is 10.6. The number of thiophene rings is 1. The summed E-state index contributed by atoms with van der Waals surface area (Å²) in [5, 5.41) is 3.28. The highest BCUT2D eigenvalue weighted by molar-refractivity contribution is 14.1. The molecule has 0 fully saturated rings. The van der Waals surface area contributed by atoms with Gasteiger partial charge in [0, 0.05) is 0 Å². The van der Waals surface area contributed by atoms with E-state index in [1.54, 1.807) is 11.3 Å². The van der Waals surface area contributed by atoms with Crippen molar-refractivity contribution in [2.75, 3.05) is 0 Å². The van der Waals surface area contributed by atoms with Crippen LogP contribution in [0.5, 0.6) is 0 Å². The van der Waals surface area contributed by atoms with Gasteiger partial charge in [-0.2, -0.15) is 0 Å². The minimum atomic E-state index is 1.14. The molecule has 0 aliphatic carbocycles. The van der Waals surface area contributed by atoms with E-state index in [2.05, 4.69) is 43.6 Å². The van der Waals surface area contributed by atoms with Crippen LogP contribution in [0.15, 0.2) is 30.0 Å². The lowest BCUT2D eigenvalue weighted by molar-refractivity contribution is 1.06. The predicted octanol–water partition coefficient (Wildman–Crippen LogP) is 2.54. The molecular formula is C7H5IN2S. The maximum absolute atomic E-state index is 4.04. The van der Waals surface area contributed by atoms with Crippen LogP contribution in [-0.2, 0) is 0 Å². The molecule has 0 aromatic carbocycles. The van der Waals surface area contributed by atoms with Crippen LogP contribution in [0.2, 0.25) is 0 Å². The number of rotatable bonds is 1. The molecule has 2 rings (SSSR count). The second-order valence-electron chi connectivity index (χ2n) is 2.04. The zero-order valence-corrected chi connectivity index (χ0v) is 8.54. The van der Waals surface area contributed by atoms with Crippen LogP contribution >= 0.6 is 33.9 Å². The summed E-state index contributed by atoms with van der Waals surface area (Å²) in [4.78, 5) is 4.04. The van der Waals surface area contributed by atoms with Gasteiger partial charge in [-0.1, -0.05) is 0 Å². The van der Waals surface area contributed by atoms with Crippen molar-refractivity contribution in [2.45, 2.75) is 0 Å².